The van der Waals surface area contributed by atoms with Crippen molar-refractivity contribution in [1.29, 1.82) is 0 Å². The highest BCUT2D eigenvalue weighted by Crippen LogP contribution is 2.34. The molecule has 0 spiro atoms. The van der Waals surface area contributed by atoms with E-state index in [1.54, 1.807) is 0 Å². The van der Waals surface area contributed by atoms with Gasteiger partial charge in [-0.05, 0) is 43.0 Å². The van der Waals surface area contributed by atoms with Gasteiger partial charge in [0.15, 0.2) is 0 Å². The largest absolute Gasteiger partial charge is 0.493 e. The molecular formula is C15H20ClNO2. The quantitative estimate of drug-likeness (QED) is 0.924. The standard InChI is InChI=1S/C15H20ClNO2/c16-14-6-12-3-5-19-15(12)13(7-14)9-17-4-1-2-11(8-17)10-18/h6-7,11,18H,1-5,8-10H2. The fourth-order valence-electron chi connectivity index (χ4n) is 3.15. The van der Waals surface area contributed by atoms with Crippen LogP contribution in [0.3, 0.4) is 0 Å². The van der Waals surface area contributed by atoms with Crippen LogP contribution in [-0.4, -0.2) is 36.3 Å². The number of aliphatic hydroxyl groups excluding tert-OH is 1. The maximum absolute atomic E-state index is 9.30. The molecule has 0 aromatic heterocycles. The molecule has 1 unspecified atom stereocenters. The molecule has 3 nitrogen and oxygen atoms in total. The van der Waals surface area contributed by atoms with Crippen molar-refractivity contribution in [1.82, 2.24) is 4.90 Å². The molecule has 0 aliphatic carbocycles. The number of aliphatic hydroxyl groups is 1. The molecule has 2 heterocycles. The molecule has 0 radical (unpaired) electrons. The number of hydrogen-bond acceptors (Lipinski definition) is 3. The molecule has 1 aromatic carbocycles. The van der Waals surface area contributed by atoms with Gasteiger partial charge in [-0.3, -0.25) is 4.90 Å². The van der Waals surface area contributed by atoms with Gasteiger partial charge < -0.3 is 9.84 Å². The van der Waals surface area contributed by atoms with E-state index >= 15 is 0 Å². The Balaban J connectivity index is 1.76. The zero-order valence-electron chi connectivity index (χ0n) is 11.1. The highest BCUT2D eigenvalue weighted by molar-refractivity contribution is 6.30. The molecule has 0 amide bonds. The van der Waals surface area contributed by atoms with Crippen LogP contribution in [0, 0.1) is 5.92 Å². The summed E-state index contributed by atoms with van der Waals surface area (Å²) in [5.74, 6) is 1.46. The molecule has 2 aliphatic heterocycles. The van der Waals surface area contributed by atoms with Crippen LogP contribution in [0.15, 0.2) is 12.1 Å². The number of halogens is 1. The third kappa shape index (κ3) is 2.88. The predicted molar refractivity (Wildman–Crippen MR) is 75.7 cm³/mol. The number of hydrogen-bond donors (Lipinski definition) is 1. The third-order valence-electron chi connectivity index (χ3n) is 4.08. The Bertz CT molecular complexity index is 464. The number of fused-ring (bicyclic) bond motifs is 1. The number of piperidine rings is 1. The first kappa shape index (κ1) is 13.2. The number of nitrogens with zero attached hydrogens (tertiary/aromatic N) is 1. The molecule has 104 valence electrons. The zero-order chi connectivity index (χ0) is 13.2. The number of benzene rings is 1. The van der Waals surface area contributed by atoms with E-state index in [0.717, 1.165) is 56.3 Å². The van der Waals surface area contributed by atoms with Gasteiger partial charge in [-0.1, -0.05) is 11.6 Å². The van der Waals surface area contributed by atoms with Crippen LogP contribution in [0.4, 0.5) is 0 Å². The molecule has 1 N–H and O–H groups in total. The molecule has 3 rings (SSSR count). The summed E-state index contributed by atoms with van der Waals surface area (Å²) in [5, 5.41) is 10.1. The maximum atomic E-state index is 9.30. The Kier molecular flexibility index (Phi) is 3.96. The van der Waals surface area contributed by atoms with Gasteiger partial charge in [0.25, 0.3) is 0 Å². The van der Waals surface area contributed by atoms with Crippen LogP contribution in [0.5, 0.6) is 5.75 Å². The molecule has 2 aliphatic rings. The summed E-state index contributed by atoms with van der Waals surface area (Å²) >= 11 is 6.19. The minimum Gasteiger partial charge on any atom is -0.493 e. The molecule has 4 heteroatoms. The molecule has 19 heavy (non-hydrogen) atoms. The van der Waals surface area contributed by atoms with Crippen molar-refractivity contribution in [2.24, 2.45) is 5.92 Å². The summed E-state index contributed by atoms with van der Waals surface area (Å²) in [4.78, 5) is 2.40. The lowest BCUT2D eigenvalue weighted by molar-refractivity contribution is 0.115. The Morgan fingerprint density at radius 3 is 3.16 bits per heavy atom. The van der Waals surface area contributed by atoms with Crippen LogP contribution >= 0.6 is 11.6 Å². The Labute approximate surface area is 119 Å². The second-order valence-electron chi connectivity index (χ2n) is 5.58. The van der Waals surface area contributed by atoms with Gasteiger partial charge in [0.1, 0.15) is 5.75 Å². The maximum Gasteiger partial charge on any atom is 0.127 e. The Hall–Kier alpha value is -0.770. The van der Waals surface area contributed by atoms with Gasteiger partial charge in [-0.2, -0.15) is 0 Å². The van der Waals surface area contributed by atoms with E-state index in [1.807, 2.05) is 12.1 Å². The number of likely N-dealkylation sites (tertiary alicyclic amines) is 1. The average molecular weight is 282 g/mol. The van der Waals surface area contributed by atoms with E-state index in [9.17, 15) is 5.11 Å². The van der Waals surface area contributed by atoms with Gasteiger partial charge in [0.05, 0.1) is 6.61 Å². The van der Waals surface area contributed by atoms with Crippen molar-refractivity contribution in [2.75, 3.05) is 26.3 Å². The molecular weight excluding hydrogens is 262 g/mol. The number of rotatable bonds is 3. The first-order chi connectivity index (χ1) is 9.26. The molecule has 1 saturated heterocycles. The Morgan fingerprint density at radius 1 is 1.42 bits per heavy atom. The van der Waals surface area contributed by atoms with Crippen molar-refractivity contribution in [2.45, 2.75) is 25.8 Å². The van der Waals surface area contributed by atoms with Crippen LogP contribution in [0.25, 0.3) is 0 Å². The molecule has 0 bridgehead atoms. The second-order valence-corrected chi connectivity index (χ2v) is 6.01. The topological polar surface area (TPSA) is 32.7 Å². The molecule has 1 fully saturated rings. The summed E-state index contributed by atoms with van der Waals surface area (Å²) in [5.41, 5.74) is 2.43. The lowest BCUT2D eigenvalue weighted by Crippen LogP contribution is -2.36. The van der Waals surface area contributed by atoms with Crippen molar-refractivity contribution in [3.63, 3.8) is 0 Å². The summed E-state index contributed by atoms with van der Waals surface area (Å²) in [6.07, 6.45) is 3.26. The summed E-state index contributed by atoms with van der Waals surface area (Å²) in [6.45, 7) is 4.00. The van der Waals surface area contributed by atoms with E-state index < -0.39 is 0 Å². The van der Waals surface area contributed by atoms with Crippen molar-refractivity contribution >= 4 is 11.6 Å². The van der Waals surface area contributed by atoms with Crippen LogP contribution in [-0.2, 0) is 13.0 Å². The first-order valence-corrected chi connectivity index (χ1v) is 7.41. The van der Waals surface area contributed by atoms with Crippen LogP contribution < -0.4 is 4.74 Å². The Morgan fingerprint density at radius 2 is 2.32 bits per heavy atom. The van der Waals surface area contributed by atoms with Crippen LogP contribution in [0.2, 0.25) is 5.02 Å². The van der Waals surface area contributed by atoms with Gasteiger partial charge in [-0.15, -0.1) is 0 Å². The van der Waals surface area contributed by atoms with E-state index in [4.69, 9.17) is 16.3 Å². The molecule has 0 saturated carbocycles. The minimum absolute atomic E-state index is 0.292. The molecule has 1 atom stereocenters. The average Bonchev–Trinajstić information content (AvgIpc) is 2.87. The highest BCUT2D eigenvalue weighted by atomic mass is 35.5. The highest BCUT2D eigenvalue weighted by Gasteiger charge is 2.23. The van der Waals surface area contributed by atoms with Crippen molar-refractivity contribution in [3.05, 3.63) is 28.3 Å². The fraction of sp³-hybridized carbons (Fsp3) is 0.600. The van der Waals surface area contributed by atoms with E-state index in [1.165, 1.54) is 11.1 Å². The van der Waals surface area contributed by atoms with E-state index in [0.29, 0.717) is 12.5 Å². The van der Waals surface area contributed by atoms with E-state index in [-0.39, 0.29) is 0 Å². The van der Waals surface area contributed by atoms with Gasteiger partial charge in [-0.25, -0.2) is 0 Å². The second kappa shape index (κ2) is 5.70. The minimum atomic E-state index is 0.292. The predicted octanol–water partition coefficient (Wildman–Crippen LogP) is 2.48. The lowest BCUT2D eigenvalue weighted by atomic mass is 9.98. The normalized spacial score (nSPS) is 23.2. The third-order valence-corrected chi connectivity index (χ3v) is 4.30. The van der Waals surface area contributed by atoms with Crippen molar-refractivity contribution in [3.8, 4) is 5.75 Å². The van der Waals surface area contributed by atoms with Gasteiger partial charge in [0, 0.05) is 36.7 Å². The summed E-state index contributed by atoms with van der Waals surface area (Å²) < 4.78 is 5.74. The summed E-state index contributed by atoms with van der Waals surface area (Å²) in [6, 6.07) is 4.04. The van der Waals surface area contributed by atoms with Gasteiger partial charge in [0.2, 0.25) is 0 Å². The zero-order valence-corrected chi connectivity index (χ0v) is 11.8. The SMILES string of the molecule is OCC1CCCN(Cc2cc(Cl)cc3c2OCC3)C1. The summed E-state index contributed by atoms with van der Waals surface area (Å²) in [7, 11) is 0. The number of ether oxygens (including phenoxy) is 1. The smallest absolute Gasteiger partial charge is 0.127 e. The van der Waals surface area contributed by atoms with Crippen LogP contribution in [0.1, 0.15) is 24.0 Å². The van der Waals surface area contributed by atoms with Crippen molar-refractivity contribution < 1.29 is 9.84 Å². The van der Waals surface area contributed by atoms with Gasteiger partial charge >= 0.3 is 0 Å². The monoisotopic (exact) mass is 281 g/mol. The first-order valence-electron chi connectivity index (χ1n) is 7.03. The fourth-order valence-corrected chi connectivity index (χ4v) is 3.41. The van der Waals surface area contributed by atoms with E-state index in [2.05, 4.69) is 4.90 Å². The molecule has 1 aromatic rings. The lowest BCUT2D eigenvalue weighted by Gasteiger charge is -2.32.